The first kappa shape index (κ1) is 29.4. The Bertz CT molecular complexity index is 2910. The molecule has 1 heterocycles. The molecule has 2 heteroatoms. The Morgan fingerprint density at radius 2 is 1.19 bits per heavy atom. The molecular weight excluding hydrogens is 631 g/mol. The number of rotatable bonds is 4. The molecule has 0 radical (unpaired) electrons. The summed E-state index contributed by atoms with van der Waals surface area (Å²) in [6.07, 6.45) is 0.903. The Morgan fingerprint density at radius 3 is 2.10 bits per heavy atom. The van der Waals surface area contributed by atoms with E-state index in [0.717, 1.165) is 45.4 Å². The van der Waals surface area contributed by atoms with Crippen LogP contribution in [-0.4, -0.2) is 0 Å². The third-order valence-electron chi connectivity index (χ3n) is 11.7. The normalized spacial score (nSPS) is 13.7. The van der Waals surface area contributed by atoms with Crippen LogP contribution >= 0.6 is 0 Å². The zero-order chi connectivity index (χ0) is 34.6. The van der Waals surface area contributed by atoms with Gasteiger partial charge < -0.3 is 9.32 Å². The van der Waals surface area contributed by atoms with Crippen LogP contribution in [0.1, 0.15) is 36.1 Å². The van der Waals surface area contributed by atoms with E-state index in [2.05, 4.69) is 176 Å². The SMILES string of the molecule is CC1(C)c2ccccc2-c2ccc(N(c3ccc4c(c3)oc3ccccc34)c3cc4c(cc3-c3ccccc3)-c3c(ccc5ccccc35)C4)cc21. The van der Waals surface area contributed by atoms with Gasteiger partial charge in [0.2, 0.25) is 0 Å². The summed E-state index contributed by atoms with van der Waals surface area (Å²) in [4.78, 5) is 2.47. The molecule has 2 aliphatic carbocycles. The minimum absolute atomic E-state index is 0.126. The van der Waals surface area contributed by atoms with Crippen LogP contribution < -0.4 is 4.90 Å². The summed E-state index contributed by atoms with van der Waals surface area (Å²) in [7, 11) is 0. The van der Waals surface area contributed by atoms with Gasteiger partial charge in [-0.25, -0.2) is 0 Å². The highest BCUT2D eigenvalue weighted by Gasteiger charge is 2.36. The average Bonchev–Trinajstić information content (AvgIpc) is 3.82. The van der Waals surface area contributed by atoms with E-state index >= 15 is 0 Å². The molecule has 52 heavy (non-hydrogen) atoms. The molecule has 0 saturated carbocycles. The van der Waals surface area contributed by atoms with E-state index in [1.54, 1.807) is 0 Å². The van der Waals surface area contributed by atoms with Gasteiger partial charge in [-0.05, 0) is 110 Å². The first-order chi connectivity index (χ1) is 25.5. The van der Waals surface area contributed by atoms with Crippen molar-refractivity contribution in [3.05, 3.63) is 186 Å². The summed E-state index contributed by atoms with van der Waals surface area (Å²) in [5, 5.41) is 4.87. The van der Waals surface area contributed by atoms with Gasteiger partial charge in [-0.2, -0.15) is 0 Å². The molecule has 2 nitrogen and oxygen atoms in total. The molecule has 0 aliphatic heterocycles. The van der Waals surface area contributed by atoms with Crippen LogP contribution in [0.4, 0.5) is 17.1 Å². The number of hydrogen-bond acceptors (Lipinski definition) is 2. The van der Waals surface area contributed by atoms with Crippen molar-refractivity contribution in [1.29, 1.82) is 0 Å². The zero-order valence-electron chi connectivity index (χ0n) is 29.2. The molecule has 0 saturated heterocycles. The molecular formula is C50H35NO. The number of furan rings is 1. The summed E-state index contributed by atoms with van der Waals surface area (Å²) >= 11 is 0. The maximum absolute atomic E-state index is 6.51. The molecule has 0 amide bonds. The fourth-order valence-electron chi connectivity index (χ4n) is 9.14. The van der Waals surface area contributed by atoms with Crippen molar-refractivity contribution >= 4 is 49.8 Å². The van der Waals surface area contributed by atoms with Gasteiger partial charge in [0.05, 0.1) is 5.69 Å². The van der Waals surface area contributed by atoms with Crippen molar-refractivity contribution in [3.8, 4) is 33.4 Å². The van der Waals surface area contributed by atoms with Crippen molar-refractivity contribution in [2.45, 2.75) is 25.7 Å². The van der Waals surface area contributed by atoms with Gasteiger partial charge in [-0.15, -0.1) is 0 Å². The number of hydrogen-bond donors (Lipinski definition) is 0. The van der Waals surface area contributed by atoms with Crippen LogP contribution in [0, 0.1) is 0 Å². The van der Waals surface area contributed by atoms with Gasteiger partial charge in [0, 0.05) is 39.2 Å². The van der Waals surface area contributed by atoms with Crippen LogP contribution in [-0.2, 0) is 11.8 Å². The second-order valence-electron chi connectivity index (χ2n) is 14.9. The Morgan fingerprint density at radius 1 is 0.481 bits per heavy atom. The predicted octanol–water partition coefficient (Wildman–Crippen LogP) is 13.8. The lowest BCUT2D eigenvalue weighted by Gasteiger charge is -2.30. The smallest absolute Gasteiger partial charge is 0.137 e. The number of anilines is 3. The Hall–Kier alpha value is -6.38. The molecule has 11 rings (SSSR count). The van der Waals surface area contributed by atoms with E-state index in [1.807, 2.05) is 6.07 Å². The van der Waals surface area contributed by atoms with Crippen LogP contribution in [0.3, 0.4) is 0 Å². The molecule has 0 fully saturated rings. The molecule has 0 atom stereocenters. The van der Waals surface area contributed by atoms with Crippen LogP contribution in [0.2, 0.25) is 0 Å². The molecule has 0 spiro atoms. The molecule has 0 N–H and O–H groups in total. The van der Waals surface area contributed by atoms with Gasteiger partial charge in [0.25, 0.3) is 0 Å². The number of nitrogens with zero attached hydrogens (tertiary/aromatic N) is 1. The lowest BCUT2D eigenvalue weighted by atomic mass is 9.82. The molecule has 9 aromatic rings. The van der Waals surface area contributed by atoms with E-state index in [0.29, 0.717) is 0 Å². The topological polar surface area (TPSA) is 16.4 Å². The summed E-state index contributed by atoms with van der Waals surface area (Å²) in [6.45, 7) is 4.72. The molecule has 0 bridgehead atoms. The van der Waals surface area contributed by atoms with E-state index < -0.39 is 0 Å². The fourth-order valence-corrected chi connectivity index (χ4v) is 9.14. The highest BCUT2D eigenvalue weighted by Crippen LogP contribution is 2.53. The quantitative estimate of drug-likeness (QED) is 0.186. The number of fused-ring (bicyclic) bond motifs is 11. The second-order valence-corrected chi connectivity index (χ2v) is 14.9. The molecule has 1 aromatic heterocycles. The summed E-state index contributed by atoms with van der Waals surface area (Å²) < 4.78 is 6.51. The van der Waals surface area contributed by atoms with Crippen molar-refractivity contribution in [3.63, 3.8) is 0 Å². The van der Waals surface area contributed by atoms with Crippen LogP contribution in [0.5, 0.6) is 0 Å². The summed E-state index contributed by atoms with van der Waals surface area (Å²) in [6, 6.07) is 60.2. The van der Waals surface area contributed by atoms with Crippen LogP contribution in [0.15, 0.2) is 168 Å². The lowest BCUT2D eigenvalue weighted by Crippen LogP contribution is -2.17. The monoisotopic (exact) mass is 665 g/mol. The zero-order valence-corrected chi connectivity index (χ0v) is 29.2. The van der Waals surface area contributed by atoms with E-state index in [4.69, 9.17) is 4.42 Å². The van der Waals surface area contributed by atoms with E-state index in [9.17, 15) is 0 Å². The van der Waals surface area contributed by atoms with Crippen molar-refractivity contribution in [1.82, 2.24) is 0 Å². The Balaban J connectivity index is 1.19. The first-order valence-electron chi connectivity index (χ1n) is 18.2. The Kier molecular flexibility index (Phi) is 6.10. The summed E-state index contributed by atoms with van der Waals surface area (Å²) in [5.41, 5.74) is 18.2. The third kappa shape index (κ3) is 4.18. The third-order valence-corrected chi connectivity index (χ3v) is 11.7. The van der Waals surface area contributed by atoms with Crippen molar-refractivity contribution in [2.24, 2.45) is 0 Å². The maximum atomic E-state index is 6.51. The number of benzene rings is 8. The standard InChI is InChI=1S/C50H35NO/c1-50(2)44-18-10-8-16-38(44)39-24-22-35(28-45(39)50)51(36-23-25-41-40-17-9-11-19-47(40)52-48(41)29-36)46-27-34-26-33-21-20-32-14-6-7-15-37(32)49(33)43(34)30-42(46)31-12-4-3-5-13-31/h3-25,27-30H,26H2,1-2H3. The fraction of sp³-hybridized carbons (Fsp3) is 0.0800. The molecule has 8 aromatic carbocycles. The van der Waals surface area contributed by atoms with Gasteiger partial charge in [0.15, 0.2) is 0 Å². The Labute approximate surface area is 303 Å². The van der Waals surface area contributed by atoms with Gasteiger partial charge in [-0.1, -0.05) is 129 Å². The first-order valence-corrected chi connectivity index (χ1v) is 18.2. The average molecular weight is 666 g/mol. The largest absolute Gasteiger partial charge is 0.456 e. The summed E-state index contributed by atoms with van der Waals surface area (Å²) in [5.74, 6) is 0. The predicted molar refractivity (Wildman–Crippen MR) is 217 cm³/mol. The minimum atomic E-state index is -0.126. The van der Waals surface area contributed by atoms with Crippen molar-refractivity contribution in [2.75, 3.05) is 4.90 Å². The minimum Gasteiger partial charge on any atom is -0.456 e. The van der Waals surface area contributed by atoms with Gasteiger partial charge >= 0.3 is 0 Å². The second kappa shape index (κ2) is 10.8. The highest BCUT2D eigenvalue weighted by atomic mass is 16.3. The molecule has 0 unspecified atom stereocenters. The van der Waals surface area contributed by atoms with Gasteiger partial charge in [0.1, 0.15) is 11.2 Å². The lowest BCUT2D eigenvalue weighted by molar-refractivity contribution is 0.660. The van der Waals surface area contributed by atoms with E-state index in [1.165, 1.54) is 66.4 Å². The molecule has 246 valence electrons. The van der Waals surface area contributed by atoms with E-state index in [-0.39, 0.29) is 5.41 Å². The molecule has 2 aliphatic rings. The number of para-hydroxylation sites is 1. The van der Waals surface area contributed by atoms with Crippen molar-refractivity contribution < 1.29 is 4.42 Å². The van der Waals surface area contributed by atoms with Gasteiger partial charge in [-0.3, -0.25) is 0 Å². The highest BCUT2D eigenvalue weighted by molar-refractivity contribution is 6.07. The van der Waals surface area contributed by atoms with Crippen LogP contribution in [0.25, 0.3) is 66.1 Å². The maximum Gasteiger partial charge on any atom is 0.137 e.